The van der Waals surface area contributed by atoms with Crippen LogP contribution >= 0.6 is 11.3 Å². The van der Waals surface area contributed by atoms with Crippen molar-refractivity contribution in [3.05, 3.63) is 51.8 Å². The zero-order chi connectivity index (χ0) is 27.7. The molecule has 0 spiro atoms. The van der Waals surface area contributed by atoms with Crippen molar-refractivity contribution in [2.75, 3.05) is 31.8 Å². The number of nitrogens with one attached hydrogen (secondary N) is 3. The van der Waals surface area contributed by atoms with Gasteiger partial charge in [0.25, 0.3) is 5.91 Å². The van der Waals surface area contributed by atoms with E-state index in [-0.39, 0.29) is 11.8 Å². The third-order valence-electron chi connectivity index (χ3n) is 7.45. The van der Waals surface area contributed by atoms with Crippen LogP contribution in [0.2, 0.25) is 0 Å². The van der Waals surface area contributed by atoms with Crippen LogP contribution in [0, 0.1) is 0 Å². The van der Waals surface area contributed by atoms with E-state index in [2.05, 4.69) is 32.7 Å². The molecule has 5 N–H and O–H groups in total. The minimum absolute atomic E-state index is 0.0880. The number of carbonyl (C=O) groups is 2. The van der Waals surface area contributed by atoms with E-state index in [1.54, 1.807) is 24.8 Å². The summed E-state index contributed by atoms with van der Waals surface area (Å²) in [7, 11) is 5.51. The summed E-state index contributed by atoms with van der Waals surface area (Å²) in [6.07, 6.45) is 5.12. The summed E-state index contributed by atoms with van der Waals surface area (Å²) in [5.74, 6) is 1.67. The van der Waals surface area contributed by atoms with Gasteiger partial charge in [-0.25, -0.2) is 0 Å². The number of methoxy groups -OCH3 is 1. The van der Waals surface area contributed by atoms with Crippen LogP contribution in [-0.4, -0.2) is 58.8 Å². The summed E-state index contributed by atoms with van der Waals surface area (Å²) in [6, 6.07) is 7.75. The highest BCUT2D eigenvalue weighted by molar-refractivity contribution is 7.12. The Labute approximate surface area is 231 Å². The number of primary amides is 1. The maximum Gasteiger partial charge on any atom is 0.260 e. The van der Waals surface area contributed by atoms with Crippen molar-refractivity contribution in [3.8, 4) is 5.75 Å². The number of thiophene rings is 1. The predicted octanol–water partition coefficient (Wildman–Crippen LogP) is 4.94. The second kappa shape index (κ2) is 11.0. The molecule has 0 fully saturated rings. The third kappa shape index (κ3) is 5.45. The first-order valence-corrected chi connectivity index (χ1v) is 13.8. The van der Waals surface area contributed by atoms with Crippen molar-refractivity contribution in [2.45, 2.75) is 44.6 Å². The van der Waals surface area contributed by atoms with E-state index in [1.807, 2.05) is 32.0 Å². The monoisotopic (exact) mass is 547 g/mol. The van der Waals surface area contributed by atoms with Crippen LogP contribution in [0.1, 0.15) is 52.9 Å². The number of hydrogen-bond acceptors (Lipinski definition) is 9. The number of nitrogens with two attached hydrogens (primary N) is 1. The van der Waals surface area contributed by atoms with E-state index in [0.717, 1.165) is 30.3 Å². The molecule has 3 aromatic heterocycles. The van der Waals surface area contributed by atoms with Crippen molar-refractivity contribution in [2.24, 2.45) is 5.73 Å². The lowest BCUT2D eigenvalue weighted by Gasteiger charge is -2.20. The van der Waals surface area contributed by atoms with Gasteiger partial charge in [-0.15, -0.1) is 11.3 Å². The molecule has 0 saturated heterocycles. The average Bonchev–Trinajstić information content (AvgIpc) is 3.66. The summed E-state index contributed by atoms with van der Waals surface area (Å²) >= 11 is 1.27. The molecule has 1 aromatic carbocycles. The fourth-order valence-corrected chi connectivity index (χ4v) is 5.74. The maximum atomic E-state index is 12.6. The lowest BCUT2D eigenvalue weighted by Crippen LogP contribution is -2.32. The van der Waals surface area contributed by atoms with Crippen molar-refractivity contribution in [1.82, 2.24) is 19.9 Å². The molecule has 3 heterocycles. The maximum absolute atomic E-state index is 12.6. The molecule has 204 valence electrons. The summed E-state index contributed by atoms with van der Waals surface area (Å²) < 4.78 is 5.71. The molecule has 11 heteroatoms. The molecule has 0 aliphatic heterocycles. The average molecular weight is 548 g/mol. The number of fused-ring (bicyclic) bond motifs is 2. The van der Waals surface area contributed by atoms with Crippen molar-refractivity contribution in [3.63, 3.8) is 0 Å². The highest BCUT2D eigenvalue weighted by Crippen LogP contribution is 2.42. The molecule has 2 unspecified atom stereocenters. The standard InChI is InChI=1S/C28H33N7O3S/c1-15(35(2)3)22(36)8-7-16-5-6-17-13-23(38-4)21(14-19(16)17)32-28-33-26-18(9-11-30-26)27(34-28)31-20-10-12-39-24(20)25(29)37/h9-16H,5-8H2,1-4H3,(H2,29,37)(H3,30,31,32,33,34). The summed E-state index contributed by atoms with van der Waals surface area (Å²) in [5.41, 5.74) is 9.99. The molecule has 0 saturated carbocycles. The number of amides is 1. The predicted molar refractivity (Wildman–Crippen MR) is 155 cm³/mol. The number of rotatable bonds is 11. The van der Waals surface area contributed by atoms with Gasteiger partial charge in [0.15, 0.2) is 0 Å². The normalized spacial score (nSPS) is 15.4. The first kappa shape index (κ1) is 26.6. The summed E-state index contributed by atoms with van der Waals surface area (Å²) in [4.78, 5) is 39.4. The number of anilines is 4. The Bertz CT molecular complexity index is 1530. The number of aromatic amines is 1. The van der Waals surface area contributed by atoms with Gasteiger partial charge in [-0.2, -0.15) is 9.97 Å². The second-order valence-corrected chi connectivity index (χ2v) is 11.0. The summed E-state index contributed by atoms with van der Waals surface area (Å²) in [6.45, 7) is 1.95. The quantitative estimate of drug-likeness (QED) is 0.207. The van der Waals surface area contributed by atoms with Crippen molar-refractivity contribution < 1.29 is 14.3 Å². The highest BCUT2D eigenvalue weighted by atomic mass is 32.1. The van der Waals surface area contributed by atoms with Crippen LogP contribution in [0.5, 0.6) is 5.75 Å². The van der Waals surface area contributed by atoms with Gasteiger partial charge in [-0.3, -0.25) is 14.5 Å². The number of likely N-dealkylation sites (N-methyl/N-ethyl adjacent to an activating group) is 1. The Kier molecular flexibility index (Phi) is 7.53. The zero-order valence-electron chi connectivity index (χ0n) is 22.5. The van der Waals surface area contributed by atoms with E-state index in [9.17, 15) is 9.59 Å². The number of benzene rings is 1. The Hall–Kier alpha value is -3.96. The van der Waals surface area contributed by atoms with E-state index in [4.69, 9.17) is 15.5 Å². The molecule has 39 heavy (non-hydrogen) atoms. The summed E-state index contributed by atoms with van der Waals surface area (Å²) in [5, 5.41) is 9.16. The molecule has 0 radical (unpaired) electrons. The van der Waals surface area contributed by atoms with Crippen molar-refractivity contribution >= 4 is 57.2 Å². The number of aryl methyl sites for hydroxylation is 1. The van der Waals surface area contributed by atoms with Crippen LogP contribution in [-0.2, 0) is 11.2 Å². The fourth-order valence-electron chi connectivity index (χ4n) is 5.04. The van der Waals surface area contributed by atoms with Crippen LogP contribution in [0.3, 0.4) is 0 Å². The molecule has 10 nitrogen and oxygen atoms in total. The molecule has 0 bridgehead atoms. The molecular weight excluding hydrogens is 514 g/mol. The van der Waals surface area contributed by atoms with Crippen LogP contribution in [0.15, 0.2) is 35.8 Å². The Balaban J connectivity index is 1.42. The lowest BCUT2D eigenvalue weighted by molar-refractivity contribution is -0.123. The van der Waals surface area contributed by atoms with Gasteiger partial charge in [0.2, 0.25) is 5.95 Å². The Morgan fingerprint density at radius 1 is 1.23 bits per heavy atom. The molecule has 1 aliphatic rings. The second-order valence-electron chi connectivity index (χ2n) is 10.0. The Morgan fingerprint density at radius 2 is 2.05 bits per heavy atom. The number of ether oxygens (including phenoxy) is 1. The molecule has 1 aliphatic carbocycles. The van der Waals surface area contributed by atoms with Gasteiger partial charge in [-0.05, 0) is 87.0 Å². The number of H-pyrrole nitrogens is 1. The highest BCUT2D eigenvalue weighted by Gasteiger charge is 2.27. The smallest absolute Gasteiger partial charge is 0.260 e. The number of ketones is 1. The molecule has 2 atom stereocenters. The minimum Gasteiger partial charge on any atom is -0.495 e. The topological polar surface area (TPSA) is 138 Å². The number of nitrogens with zero attached hydrogens (tertiary/aromatic N) is 3. The lowest BCUT2D eigenvalue weighted by atomic mass is 9.93. The minimum atomic E-state index is -0.500. The van der Waals surface area contributed by atoms with Gasteiger partial charge in [0.1, 0.15) is 27.9 Å². The third-order valence-corrected chi connectivity index (χ3v) is 8.38. The number of aromatic nitrogens is 3. The molecule has 4 aromatic rings. The van der Waals surface area contributed by atoms with Gasteiger partial charge in [-0.1, -0.05) is 0 Å². The van der Waals surface area contributed by atoms with Gasteiger partial charge >= 0.3 is 0 Å². The van der Waals surface area contributed by atoms with Crippen LogP contribution in [0.25, 0.3) is 11.0 Å². The largest absolute Gasteiger partial charge is 0.495 e. The zero-order valence-corrected chi connectivity index (χ0v) is 23.3. The molecule has 1 amide bonds. The SMILES string of the molecule is COc1cc2c(cc1Nc1nc(Nc3ccsc3C(N)=O)c3cc[nH]c3n1)C(CCC(=O)C(C)N(C)C)CC2. The van der Waals surface area contributed by atoms with Crippen LogP contribution < -0.4 is 21.1 Å². The molecule has 5 rings (SSSR count). The first-order valence-electron chi connectivity index (χ1n) is 12.9. The number of carbonyl (C=O) groups excluding carboxylic acids is 2. The van der Waals surface area contributed by atoms with Crippen LogP contribution in [0.4, 0.5) is 23.1 Å². The van der Waals surface area contributed by atoms with E-state index < -0.39 is 5.91 Å². The number of Topliss-reactive ketones (excluding diaryl/α,β-unsaturated/α-hetero) is 1. The fraction of sp³-hybridized carbons (Fsp3) is 0.357. The van der Waals surface area contributed by atoms with E-state index in [0.29, 0.717) is 46.1 Å². The van der Waals surface area contributed by atoms with Gasteiger partial charge < -0.3 is 26.1 Å². The molecular formula is C28H33N7O3S. The van der Waals surface area contributed by atoms with Gasteiger partial charge in [0.05, 0.1) is 29.9 Å². The first-order chi connectivity index (χ1) is 18.7. The van der Waals surface area contributed by atoms with Crippen molar-refractivity contribution in [1.29, 1.82) is 0 Å². The number of hydrogen-bond donors (Lipinski definition) is 4. The van der Waals surface area contributed by atoms with E-state index in [1.165, 1.54) is 22.5 Å². The van der Waals surface area contributed by atoms with Gasteiger partial charge in [0, 0.05) is 12.6 Å². The Morgan fingerprint density at radius 3 is 2.79 bits per heavy atom. The van der Waals surface area contributed by atoms with E-state index >= 15 is 0 Å².